The maximum atomic E-state index is 12.2. The molecule has 1 saturated heterocycles. The number of carbonyl (C=O) groups is 1. The SMILES string of the molecule is CC(NC(=O)[C@H]1NCCO[C@@H]1C)C1CCCCC1.Cl. The van der Waals surface area contributed by atoms with Crippen LogP contribution in [0.5, 0.6) is 0 Å². The molecular weight excluding hydrogens is 264 g/mol. The van der Waals surface area contributed by atoms with Crippen molar-refractivity contribution in [3.8, 4) is 0 Å². The highest BCUT2D eigenvalue weighted by Crippen LogP contribution is 2.26. The van der Waals surface area contributed by atoms with Gasteiger partial charge in [0.25, 0.3) is 0 Å². The Morgan fingerprint density at radius 3 is 2.63 bits per heavy atom. The molecule has 112 valence electrons. The first-order chi connectivity index (χ1) is 8.68. The van der Waals surface area contributed by atoms with Gasteiger partial charge in [0.1, 0.15) is 6.04 Å². The highest BCUT2D eigenvalue weighted by molar-refractivity contribution is 5.85. The molecule has 0 bridgehead atoms. The number of amides is 1. The van der Waals surface area contributed by atoms with Crippen LogP contribution in [-0.4, -0.2) is 37.2 Å². The van der Waals surface area contributed by atoms with Gasteiger partial charge in [-0.15, -0.1) is 12.4 Å². The molecule has 0 aromatic heterocycles. The van der Waals surface area contributed by atoms with Gasteiger partial charge in [-0.05, 0) is 32.6 Å². The number of hydrogen-bond donors (Lipinski definition) is 2. The molecule has 4 nitrogen and oxygen atoms in total. The zero-order chi connectivity index (χ0) is 13.0. The molecule has 1 aliphatic carbocycles. The normalized spacial score (nSPS) is 30.2. The van der Waals surface area contributed by atoms with Gasteiger partial charge in [0.2, 0.25) is 5.91 Å². The van der Waals surface area contributed by atoms with E-state index < -0.39 is 0 Å². The largest absolute Gasteiger partial charge is 0.375 e. The molecular formula is C14H27ClN2O2. The monoisotopic (exact) mass is 290 g/mol. The van der Waals surface area contributed by atoms with Crippen LogP contribution in [0.2, 0.25) is 0 Å². The third kappa shape index (κ3) is 4.62. The Balaban J connectivity index is 0.00000180. The second-order valence-corrected chi connectivity index (χ2v) is 5.70. The van der Waals surface area contributed by atoms with E-state index in [1.807, 2.05) is 6.92 Å². The van der Waals surface area contributed by atoms with Crippen molar-refractivity contribution < 1.29 is 9.53 Å². The quantitative estimate of drug-likeness (QED) is 0.834. The first-order valence-electron chi connectivity index (χ1n) is 7.34. The summed E-state index contributed by atoms with van der Waals surface area (Å²) >= 11 is 0. The molecule has 0 aromatic rings. The molecule has 1 aliphatic heterocycles. The van der Waals surface area contributed by atoms with E-state index in [1.165, 1.54) is 32.1 Å². The number of carbonyl (C=O) groups excluding carboxylic acids is 1. The minimum absolute atomic E-state index is 0. The molecule has 0 radical (unpaired) electrons. The summed E-state index contributed by atoms with van der Waals surface area (Å²) in [5, 5.41) is 6.41. The number of hydrogen-bond acceptors (Lipinski definition) is 3. The van der Waals surface area contributed by atoms with Crippen LogP contribution in [0.4, 0.5) is 0 Å². The van der Waals surface area contributed by atoms with Crippen molar-refractivity contribution in [1.82, 2.24) is 10.6 Å². The Bertz CT molecular complexity index is 283. The number of halogens is 1. The minimum atomic E-state index is -0.190. The van der Waals surface area contributed by atoms with Crippen LogP contribution in [0, 0.1) is 5.92 Å². The van der Waals surface area contributed by atoms with Gasteiger partial charge < -0.3 is 15.4 Å². The fraction of sp³-hybridized carbons (Fsp3) is 0.929. The van der Waals surface area contributed by atoms with E-state index in [2.05, 4.69) is 17.6 Å². The zero-order valence-corrected chi connectivity index (χ0v) is 12.8. The fourth-order valence-corrected chi connectivity index (χ4v) is 3.09. The number of rotatable bonds is 3. The second kappa shape index (κ2) is 8.08. The Labute approximate surface area is 122 Å². The van der Waals surface area contributed by atoms with E-state index in [0.29, 0.717) is 12.5 Å². The molecule has 2 fully saturated rings. The van der Waals surface area contributed by atoms with Gasteiger partial charge >= 0.3 is 0 Å². The van der Waals surface area contributed by atoms with Crippen molar-refractivity contribution in [3.63, 3.8) is 0 Å². The Morgan fingerprint density at radius 2 is 2.00 bits per heavy atom. The Hall–Kier alpha value is -0.320. The predicted octanol–water partition coefficient (Wildman–Crippen LogP) is 1.87. The molecule has 5 heteroatoms. The summed E-state index contributed by atoms with van der Waals surface area (Å²) in [5.41, 5.74) is 0. The van der Waals surface area contributed by atoms with Gasteiger partial charge in [0.05, 0.1) is 12.7 Å². The molecule has 1 heterocycles. The van der Waals surface area contributed by atoms with Gasteiger partial charge in [-0.1, -0.05) is 19.3 Å². The Morgan fingerprint density at radius 1 is 1.32 bits per heavy atom. The predicted molar refractivity (Wildman–Crippen MR) is 78.6 cm³/mol. The third-order valence-corrected chi connectivity index (χ3v) is 4.33. The lowest BCUT2D eigenvalue weighted by molar-refractivity contribution is -0.130. The number of nitrogens with one attached hydrogen (secondary N) is 2. The van der Waals surface area contributed by atoms with Crippen LogP contribution in [-0.2, 0) is 9.53 Å². The summed E-state index contributed by atoms with van der Waals surface area (Å²) in [7, 11) is 0. The molecule has 1 amide bonds. The molecule has 2 rings (SSSR count). The van der Waals surface area contributed by atoms with Gasteiger partial charge in [0.15, 0.2) is 0 Å². The van der Waals surface area contributed by atoms with Crippen molar-refractivity contribution in [2.75, 3.05) is 13.2 Å². The standard InChI is InChI=1S/C14H26N2O2.ClH/c1-10(12-6-4-3-5-7-12)16-14(17)13-11(2)18-9-8-15-13;/h10-13,15H,3-9H2,1-2H3,(H,16,17);1H/t10?,11-,13+;/m1./s1. The van der Waals surface area contributed by atoms with Gasteiger partial charge in [-0.3, -0.25) is 4.79 Å². The number of ether oxygens (including phenoxy) is 1. The molecule has 1 unspecified atom stereocenters. The molecule has 1 saturated carbocycles. The maximum Gasteiger partial charge on any atom is 0.240 e. The molecule has 2 aliphatic rings. The van der Waals surface area contributed by atoms with E-state index in [-0.39, 0.29) is 36.5 Å². The number of morpholine rings is 1. The van der Waals surface area contributed by atoms with Gasteiger partial charge in [-0.25, -0.2) is 0 Å². The lowest BCUT2D eigenvalue weighted by atomic mass is 9.84. The van der Waals surface area contributed by atoms with Crippen LogP contribution >= 0.6 is 12.4 Å². The molecule has 0 aromatic carbocycles. The zero-order valence-electron chi connectivity index (χ0n) is 12.0. The van der Waals surface area contributed by atoms with E-state index in [9.17, 15) is 4.79 Å². The van der Waals surface area contributed by atoms with Crippen molar-refractivity contribution in [2.45, 2.75) is 64.1 Å². The summed E-state index contributed by atoms with van der Waals surface area (Å²) in [5.74, 6) is 0.753. The summed E-state index contributed by atoms with van der Waals surface area (Å²) in [4.78, 5) is 12.2. The van der Waals surface area contributed by atoms with Gasteiger partial charge in [-0.2, -0.15) is 0 Å². The fourth-order valence-electron chi connectivity index (χ4n) is 3.09. The molecule has 2 N–H and O–H groups in total. The summed E-state index contributed by atoms with van der Waals surface area (Å²) in [6.45, 7) is 5.56. The summed E-state index contributed by atoms with van der Waals surface area (Å²) in [6, 6.07) is 0.0958. The van der Waals surface area contributed by atoms with E-state index in [0.717, 1.165) is 6.54 Å². The lowest BCUT2D eigenvalue weighted by Crippen LogP contribution is -2.57. The lowest BCUT2D eigenvalue weighted by Gasteiger charge is -2.33. The highest BCUT2D eigenvalue weighted by atomic mass is 35.5. The smallest absolute Gasteiger partial charge is 0.240 e. The van der Waals surface area contributed by atoms with E-state index in [1.54, 1.807) is 0 Å². The van der Waals surface area contributed by atoms with Crippen LogP contribution in [0.15, 0.2) is 0 Å². The highest BCUT2D eigenvalue weighted by Gasteiger charge is 2.30. The Kier molecular flexibility index (Phi) is 7.11. The van der Waals surface area contributed by atoms with E-state index >= 15 is 0 Å². The second-order valence-electron chi connectivity index (χ2n) is 5.70. The average Bonchev–Trinajstić information content (AvgIpc) is 2.40. The topological polar surface area (TPSA) is 50.4 Å². The molecule has 3 atom stereocenters. The van der Waals surface area contributed by atoms with Crippen LogP contribution in [0.1, 0.15) is 46.0 Å². The van der Waals surface area contributed by atoms with Crippen molar-refractivity contribution in [2.24, 2.45) is 5.92 Å². The molecule has 0 spiro atoms. The van der Waals surface area contributed by atoms with Crippen molar-refractivity contribution in [1.29, 1.82) is 0 Å². The first kappa shape index (κ1) is 16.7. The van der Waals surface area contributed by atoms with Gasteiger partial charge in [0, 0.05) is 12.6 Å². The molecule has 19 heavy (non-hydrogen) atoms. The van der Waals surface area contributed by atoms with Crippen LogP contribution in [0.25, 0.3) is 0 Å². The van der Waals surface area contributed by atoms with Crippen LogP contribution < -0.4 is 10.6 Å². The first-order valence-corrected chi connectivity index (χ1v) is 7.34. The summed E-state index contributed by atoms with van der Waals surface area (Å²) < 4.78 is 5.52. The third-order valence-electron chi connectivity index (χ3n) is 4.33. The van der Waals surface area contributed by atoms with E-state index in [4.69, 9.17) is 4.74 Å². The van der Waals surface area contributed by atoms with Crippen LogP contribution in [0.3, 0.4) is 0 Å². The van der Waals surface area contributed by atoms with Crippen molar-refractivity contribution >= 4 is 18.3 Å². The maximum absolute atomic E-state index is 12.2. The van der Waals surface area contributed by atoms with Crippen molar-refractivity contribution in [3.05, 3.63) is 0 Å². The minimum Gasteiger partial charge on any atom is -0.375 e. The average molecular weight is 291 g/mol. The summed E-state index contributed by atoms with van der Waals surface area (Å²) in [6.07, 6.45) is 6.46.